The Balaban J connectivity index is 2.06. The summed E-state index contributed by atoms with van der Waals surface area (Å²) in [6.45, 7) is 0. The van der Waals surface area contributed by atoms with Gasteiger partial charge in [0.25, 0.3) is 5.89 Å². The first kappa shape index (κ1) is 11.7. The summed E-state index contributed by atoms with van der Waals surface area (Å²) in [5.74, 6) is -1.41. The molecule has 0 bridgehead atoms. The number of thiazole rings is 1. The molecule has 2 aromatic heterocycles. The zero-order chi connectivity index (χ0) is 13.4. The summed E-state index contributed by atoms with van der Waals surface area (Å²) in [4.78, 5) is 8.59. The van der Waals surface area contributed by atoms with Crippen molar-refractivity contribution in [3.8, 4) is 22.2 Å². The smallest absolute Gasteiger partial charge is 0.261 e. The Kier molecular flexibility index (Phi) is 2.71. The normalized spacial score (nSPS) is 10.8. The third-order valence-electron chi connectivity index (χ3n) is 2.40. The van der Waals surface area contributed by atoms with Crippen LogP contribution in [0.4, 0.5) is 14.5 Å². The largest absolute Gasteiger partial charge is 0.396 e. The van der Waals surface area contributed by atoms with Crippen LogP contribution in [-0.2, 0) is 0 Å². The third-order valence-corrected chi connectivity index (χ3v) is 3.16. The molecule has 3 rings (SSSR count). The summed E-state index contributed by atoms with van der Waals surface area (Å²) in [5.41, 5.74) is 6.78. The van der Waals surface area contributed by atoms with Crippen LogP contribution in [0.25, 0.3) is 22.2 Å². The van der Waals surface area contributed by atoms with Gasteiger partial charge in [0.05, 0.1) is 21.6 Å². The summed E-state index contributed by atoms with van der Waals surface area (Å²) in [5, 5.41) is 3.71. The van der Waals surface area contributed by atoms with E-state index in [4.69, 9.17) is 10.3 Å². The zero-order valence-corrected chi connectivity index (χ0v) is 10.1. The number of hydrogen-bond acceptors (Lipinski definition) is 6. The van der Waals surface area contributed by atoms with Gasteiger partial charge in [0.2, 0.25) is 5.82 Å². The molecule has 2 N–H and O–H groups in total. The number of nitrogen functional groups attached to an aromatic ring is 1. The van der Waals surface area contributed by atoms with Crippen LogP contribution in [0.1, 0.15) is 0 Å². The van der Waals surface area contributed by atoms with Crippen LogP contribution >= 0.6 is 11.3 Å². The molecule has 1 aromatic carbocycles. The second kappa shape index (κ2) is 4.39. The predicted molar refractivity (Wildman–Crippen MR) is 65.2 cm³/mol. The van der Waals surface area contributed by atoms with Crippen LogP contribution in [0.5, 0.6) is 0 Å². The van der Waals surface area contributed by atoms with Crippen LogP contribution in [0, 0.1) is 11.6 Å². The van der Waals surface area contributed by atoms with Gasteiger partial charge < -0.3 is 10.3 Å². The van der Waals surface area contributed by atoms with E-state index in [2.05, 4.69) is 15.1 Å². The minimum absolute atomic E-state index is 0.0397. The van der Waals surface area contributed by atoms with E-state index in [9.17, 15) is 8.78 Å². The van der Waals surface area contributed by atoms with Gasteiger partial charge in [-0.1, -0.05) is 5.16 Å². The van der Waals surface area contributed by atoms with Crippen molar-refractivity contribution in [2.24, 2.45) is 0 Å². The van der Waals surface area contributed by atoms with Crippen molar-refractivity contribution in [2.75, 3.05) is 5.73 Å². The Hall–Kier alpha value is -2.35. The summed E-state index contributed by atoms with van der Waals surface area (Å²) >= 11 is 1.32. The fraction of sp³-hybridized carbons (Fsp3) is 0. The monoisotopic (exact) mass is 280 g/mol. The lowest BCUT2D eigenvalue weighted by Crippen LogP contribution is -1.94. The molecule has 0 aliphatic heterocycles. The predicted octanol–water partition coefficient (Wildman–Crippen LogP) is 2.72. The van der Waals surface area contributed by atoms with Gasteiger partial charge in [-0.05, 0) is 6.07 Å². The molecule has 96 valence electrons. The highest BCUT2D eigenvalue weighted by atomic mass is 32.1. The van der Waals surface area contributed by atoms with Gasteiger partial charge in [-0.3, -0.25) is 4.98 Å². The van der Waals surface area contributed by atoms with Crippen molar-refractivity contribution in [3.63, 3.8) is 0 Å². The molecular formula is C11H6F2N4OS. The average Bonchev–Trinajstić information content (AvgIpc) is 3.03. The number of halogens is 2. The van der Waals surface area contributed by atoms with Crippen LogP contribution < -0.4 is 5.73 Å². The SMILES string of the molecule is Nc1cc(-c2nc(-c3cncs3)no2)c(F)cc1F. The molecule has 3 aromatic rings. The van der Waals surface area contributed by atoms with Gasteiger partial charge in [-0.2, -0.15) is 4.98 Å². The topological polar surface area (TPSA) is 77.8 Å². The van der Waals surface area contributed by atoms with Crippen LogP contribution in [-0.4, -0.2) is 15.1 Å². The van der Waals surface area contributed by atoms with E-state index >= 15 is 0 Å². The van der Waals surface area contributed by atoms with E-state index in [0.717, 1.165) is 6.07 Å². The highest BCUT2D eigenvalue weighted by Gasteiger charge is 2.17. The number of aromatic nitrogens is 3. The van der Waals surface area contributed by atoms with Gasteiger partial charge in [0.15, 0.2) is 0 Å². The fourth-order valence-corrected chi connectivity index (χ4v) is 2.03. The van der Waals surface area contributed by atoms with E-state index in [-0.39, 0.29) is 17.1 Å². The summed E-state index contributed by atoms with van der Waals surface area (Å²) in [6.07, 6.45) is 1.56. The first-order chi connectivity index (χ1) is 9.15. The van der Waals surface area contributed by atoms with Crippen molar-refractivity contribution in [1.82, 2.24) is 15.1 Å². The molecule has 0 atom stereocenters. The molecule has 0 radical (unpaired) electrons. The van der Waals surface area contributed by atoms with Gasteiger partial charge in [-0.15, -0.1) is 11.3 Å². The van der Waals surface area contributed by atoms with Crippen molar-refractivity contribution < 1.29 is 13.3 Å². The molecular weight excluding hydrogens is 274 g/mol. The highest BCUT2D eigenvalue weighted by molar-refractivity contribution is 7.13. The van der Waals surface area contributed by atoms with Gasteiger partial charge in [-0.25, -0.2) is 8.78 Å². The van der Waals surface area contributed by atoms with Crippen molar-refractivity contribution in [3.05, 3.63) is 35.5 Å². The lowest BCUT2D eigenvalue weighted by atomic mass is 10.2. The second-order valence-corrected chi connectivity index (χ2v) is 4.53. The highest BCUT2D eigenvalue weighted by Crippen LogP contribution is 2.28. The molecule has 5 nitrogen and oxygen atoms in total. The minimum atomic E-state index is -0.830. The molecule has 0 saturated carbocycles. The second-order valence-electron chi connectivity index (χ2n) is 3.64. The number of nitrogens with two attached hydrogens (primary N) is 1. The van der Waals surface area contributed by atoms with Crippen LogP contribution in [0.3, 0.4) is 0 Å². The molecule has 0 aliphatic rings. The van der Waals surface area contributed by atoms with E-state index in [1.807, 2.05) is 0 Å². The van der Waals surface area contributed by atoms with Crippen molar-refractivity contribution >= 4 is 17.0 Å². The Labute approximate surface area is 109 Å². The number of anilines is 1. The van der Waals surface area contributed by atoms with Crippen molar-refractivity contribution in [2.45, 2.75) is 0 Å². The molecule has 0 unspecified atom stereocenters. The van der Waals surface area contributed by atoms with Gasteiger partial charge in [0.1, 0.15) is 11.6 Å². The van der Waals surface area contributed by atoms with Gasteiger partial charge >= 0.3 is 0 Å². The molecule has 0 spiro atoms. The fourth-order valence-electron chi connectivity index (χ4n) is 1.49. The third kappa shape index (κ3) is 2.06. The maximum Gasteiger partial charge on any atom is 0.261 e. The summed E-state index contributed by atoms with van der Waals surface area (Å²) < 4.78 is 31.7. The van der Waals surface area contributed by atoms with E-state index < -0.39 is 11.6 Å². The quantitative estimate of drug-likeness (QED) is 0.730. The lowest BCUT2D eigenvalue weighted by Gasteiger charge is -2.00. The molecule has 0 amide bonds. The summed E-state index contributed by atoms with van der Waals surface area (Å²) in [7, 11) is 0. The standard InChI is InChI=1S/C11H6F2N4OS/c12-6-2-7(13)8(14)1-5(6)11-16-10(17-18-11)9-3-15-4-19-9/h1-4H,14H2. The molecule has 0 aliphatic carbocycles. The molecule has 0 saturated heterocycles. The number of hydrogen-bond donors (Lipinski definition) is 1. The maximum atomic E-state index is 13.6. The maximum absolute atomic E-state index is 13.6. The Morgan fingerprint density at radius 1 is 1.21 bits per heavy atom. The zero-order valence-electron chi connectivity index (χ0n) is 9.30. The lowest BCUT2D eigenvalue weighted by molar-refractivity contribution is 0.429. The number of rotatable bonds is 2. The molecule has 0 fully saturated rings. The molecule has 8 heteroatoms. The van der Waals surface area contributed by atoms with E-state index in [1.54, 1.807) is 11.7 Å². The Morgan fingerprint density at radius 2 is 2.05 bits per heavy atom. The van der Waals surface area contributed by atoms with Crippen LogP contribution in [0.2, 0.25) is 0 Å². The van der Waals surface area contributed by atoms with E-state index in [1.165, 1.54) is 11.3 Å². The minimum Gasteiger partial charge on any atom is -0.396 e. The number of benzene rings is 1. The summed E-state index contributed by atoms with van der Waals surface area (Å²) in [6, 6.07) is 1.80. The van der Waals surface area contributed by atoms with Crippen molar-refractivity contribution in [1.29, 1.82) is 0 Å². The first-order valence-electron chi connectivity index (χ1n) is 5.12. The molecule has 19 heavy (non-hydrogen) atoms. The van der Waals surface area contributed by atoms with Crippen LogP contribution in [0.15, 0.2) is 28.4 Å². The number of nitrogens with zero attached hydrogens (tertiary/aromatic N) is 3. The molecule has 2 heterocycles. The first-order valence-corrected chi connectivity index (χ1v) is 6.00. The van der Waals surface area contributed by atoms with Gasteiger partial charge in [0, 0.05) is 12.3 Å². The Morgan fingerprint density at radius 3 is 2.79 bits per heavy atom. The van der Waals surface area contributed by atoms with E-state index in [0.29, 0.717) is 16.8 Å². The average molecular weight is 280 g/mol. The Bertz CT molecular complexity index is 726.